The first-order valence-corrected chi connectivity index (χ1v) is 12.4. The maximum Gasteiger partial charge on any atom is 0.255 e. The molecule has 3 aliphatic rings. The quantitative estimate of drug-likeness (QED) is 0.686. The smallest absolute Gasteiger partial charge is 0.255 e. The molecule has 1 N–H and O–H groups in total. The number of rotatable bonds is 7. The molecule has 3 atom stereocenters. The van der Waals surface area contributed by atoms with Crippen LogP contribution in [0.3, 0.4) is 0 Å². The summed E-state index contributed by atoms with van der Waals surface area (Å²) in [5, 5.41) is 3.11. The van der Waals surface area contributed by atoms with E-state index >= 15 is 0 Å². The van der Waals surface area contributed by atoms with E-state index in [-0.39, 0.29) is 17.9 Å². The van der Waals surface area contributed by atoms with Crippen molar-refractivity contribution in [2.45, 2.75) is 51.0 Å². The molecule has 2 amide bonds. The van der Waals surface area contributed by atoms with Crippen molar-refractivity contribution >= 4 is 11.8 Å². The number of aromatic nitrogens is 1. The highest BCUT2D eigenvalue weighted by atomic mass is 16.5. The molecular formula is C27H33N3O3. The molecule has 33 heavy (non-hydrogen) atoms. The third-order valence-electron chi connectivity index (χ3n) is 7.72. The van der Waals surface area contributed by atoms with E-state index in [1.165, 1.54) is 25.7 Å². The molecule has 174 valence electrons. The standard InChI is InChI=1S/C27H33N3O3/c31-26(29-12-8-21-16-19-6-7-20(21)15-19)22-3-1-5-25(17-22)33-24-9-13-30(14-10-24)27(32)23-4-2-11-28-18-23/h1-5,11,17-21,24H,6-10,12-16H2,(H,29,31). The Morgan fingerprint density at radius 3 is 2.61 bits per heavy atom. The van der Waals surface area contributed by atoms with Gasteiger partial charge < -0.3 is 15.0 Å². The molecule has 3 unspecified atom stereocenters. The van der Waals surface area contributed by atoms with Crippen molar-refractivity contribution in [1.82, 2.24) is 15.2 Å². The van der Waals surface area contributed by atoms with Gasteiger partial charge in [0.05, 0.1) is 5.56 Å². The van der Waals surface area contributed by atoms with Gasteiger partial charge in [0.15, 0.2) is 0 Å². The number of hydrogen-bond donors (Lipinski definition) is 1. The van der Waals surface area contributed by atoms with Crippen molar-refractivity contribution in [1.29, 1.82) is 0 Å². The monoisotopic (exact) mass is 447 g/mol. The number of piperidine rings is 1. The van der Waals surface area contributed by atoms with Gasteiger partial charge in [-0.25, -0.2) is 0 Å². The zero-order valence-corrected chi connectivity index (χ0v) is 19.1. The summed E-state index contributed by atoms with van der Waals surface area (Å²) in [4.78, 5) is 31.1. The molecule has 1 aromatic heterocycles. The fourth-order valence-electron chi connectivity index (χ4n) is 5.95. The van der Waals surface area contributed by atoms with Gasteiger partial charge >= 0.3 is 0 Å². The van der Waals surface area contributed by atoms with Crippen LogP contribution in [0.5, 0.6) is 5.75 Å². The lowest BCUT2D eigenvalue weighted by Gasteiger charge is -2.32. The summed E-state index contributed by atoms with van der Waals surface area (Å²) >= 11 is 0. The lowest BCUT2D eigenvalue weighted by atomic mass is 9.86. The maximum absolute atomic E-state index is 12.7. The lowest BCUT2D eigenvalue weighted by Crippen LogP contribution is -2.41. The van der Waals surface area contributed by atoms with E-state index in [0.29, 0.717) is 30.0 Å². The van der Waals surface area contributed by atoms with Gasteiger partial charge in [0, 0.05) is 50.4 Å². The molecule has 1 aliphatic heterocycles. The van der Waals surface area contributed by atoms with Gasteiger partial charge in [-0.05, 0) is 73.8 Å². The Labute approximate surface area is 195 Å². The lowest BCUT2D eigenvalue weighted by molar-refractivity contribution is 0.0594. The van der Waals surface area contributed by atoms with Gasteiger partial charge in [0.1, 0.15) is 11.9 Å². The van der Waals surface area contributed by atoms with Crippen LogP contribution < -0.4 is 10.1 Å². The summed E-state index contributed by atoms with van der Waals surface area (Å²) in [5.74, 6) is 3.35. The first-order valence-electron chi connectivity index (χ1n) is 12.4. The fraction of sp³-hybridized carbons (Fsp3) is 0.519. The van der Waals surface area contributed by atoms with Gasteiger partial charge in [-0.15, -0.1) is 0 Å². The Balaban J connectivity index is 1.08. The largest absolute Gasteiger partial charge is 0.490 e. The summed E-state index contributed by atoms with van der Waals surface area (Å²) in [5.41, 5.74) is 1.26. The van der Waals surface area contributed by atoms with E-state index < -0.39 is 0 Å². The van der Waals surface area contributed by atoms with Crippen LogP contribution in [0.2, 0.25) is 0 Å². The average Bonchev–Trinajstić information content (AvgIpc) is 3.48. The van der Waals surface area contributed by atoms with Crippen LogP contribution in [-0.4, -0.2) is 47.4 Å². The van der Waals surface area contributed by atoms with Crippen LogP contribution in [0.1, 0.15) is 65.7 Å². The summed E-state index contributed by atoms with van der Waals surface area (Å²) in [6, 6.07) is 11.0. The Kier molecular flexibility index (Phi) is 6.60. The molecule has 6 nitrogen and oxygen atoms in total. The number of pyridine rings is 1. The third-order valence-corrected chi connectivity index (χ3v) is 7.72. The molecular weight excluding hydrogens is 414 g/mol. The Morgan fingerprint density at radius 2 is 1.88 bits per heavy atom. The van der Waals surface area contributed by atoms with E-state index in [1.54, 1.807) is 24.5 Å². The van der Waals surface area contributed by atoms with Crippen molar-refractivity contribution in [2.75, 3.05) is 19.6 Å². The Bertz CT molecular complexity index is 972. The summed E-state index contributed by atoms with van der Waals surface area (Å²) < 4.78 is 6.17. The highest BCUT2D eigenvalue weighted by Gasteiger charge is 2.38. The molecule has 5 rings (SSSR count). The van der Waals surface area contributed by atoms with Gasteiger partial charge in [0.25, 0.3) is 11.8 Å². The van der Waals surface area contributed by atoms with E-state index in [4.69, 9.17) is 4.74 Å². The zero-order chi connectivity index (χ0) is 22.6. The molecule has 0 radical (unpaired) electrons. The molecule has 1 saturated heterocycles. The number of likely N-dealkylation sites (tertiary alicyclic amines) is 1. The second kappa shape index (κ2) is 9.94. The Morgan fingerprint density at radius 1 is 1.03 bits per heavy atom. The number of ether oxygens (including phenoxy) is 1. The topological polar surface area (TPSA) is 71.5 Å². The third kappa shape index (κ3) is 5.21. The van der Waals surface area contributed by atoms with E-state index in [9.17, 15) is 9.59 Å². The van der Waals surface area contributed by atoms with Crippen molar-refractivity contribution in [3.05, 3.63) is 59.9 Å². The van der Waals surface area contributed by atoms with Crippen LogP contribution >= 0.6 is 0 Å². The van der Waals surface area contributed by atoms with Crippen molar-refractivity contribution in [3.63, 3.8) is 0 Å². The number of fused-ring (bicyclic) bond motifs is 2. The van der Waals surface area contributed by atoms with Crippen molar-refractivity contribution in [3.8, 4) is 5.75 Å². The number of amides is 2. The summed E-state index contributed by atoms with van der Waals surface area (Å²) in [6.45, 7) is 2.06. The van der Waals surface area contributed by atoms with Gasteiger partial charge in [-0.1, -0.05) is 12.5 Å². The van der Waals surface area contributed by atoms with E-state index in [1.807, 2.05) is 29.2 Å². The van der Waals surface area contributed by atoms with Crippen LogP contribution in [0.4, 0.5) is 0 Å². The molecule has 6 heteroatoms. The molecule has 2 aromatic rings. The number of benzene rings is 1. The van der Waals surface area contributed by atoms with Gasteiger partial charge in [-0.3, -0.25) is 14.6 Å². The number of nitrogens with zero attached hydrogens (tertiary/aromatic N) is 2. The summed E-state index contributed by atoms with van der Waals surface area (Å²) in [6.07, 6.45) is 11.5. The van der Waals surface area contributed by atoms with Crippen LogP contribution in [0.25, 0.3) is 0 Å². The number of carbonyl (C=O) groups excluding carboxylic acids is 2. The highest BCUT2D eigenvalue weighted by Crippen LogP contribution is 2.49. The SMILES string of the molecule is O=C(NCCC1CC2CCC1C2)c1cccc(OC2CCN(C(=O)c3cccnc3)CC2)c1. The number of nitrogens with one attached hydrogen (secondary N) is 1. The first-order chi connectivity index (χ1) is 16.2. The fourth-order valence-corrected chi connectivity index (χ4v) is 5.95. The zero-order valence-electron chi connectivity index (χ0n) is 19.1. The predicted molar refractivity (Wildman–Crippen MR) is 126 cm³/mol. The molecule has 1 aromatic carbocycles. The highest BCUT2D eigenvalue weighted by molar-refractivity contribution is 5.94. The van der Waals surface area contributed by atoms with Gasteiger partial charge in [0.2, 0.25) is 0 Å². The molecule has 2 saturated carbocycles. The van der Waals surface area contributed by atoms with Crippen molar-refractivity contribution in [2.24, 2.45) is 17.8 Å². The second-order valence-corrected chi connectivity index (χ2v) is 9.86. The van der Waals surface area contributed by atoms with E-state index in [0.717, 1.165) is 43.6 Å². The maximum atomic E-state index is 12.7. The number of hydrogen-bond acceptors (Lipinski definition) is 4. The minimum Gasteiger partial charge on any atom is -0.490 e. The van der Waals surface area contributed by atoms with Crippen LogP contribution in [0.15, 0.2) is 48.8 Å². The minimum atomic E-state index is -0.0273. The molecule has 2 bridgehead atoms. The van der Waals surface area contributed by atoms with Crippen LogP contribution in [-0.2, 0) is 0 Å². The van der Waals surface area contributed by atoms with Crippen molar-refractivity contribution < 1.29 is 14.3 Å². The average molecular weight is 448 g/mol. The molecule has 0 spiro atoms. The minimum absolute atomic E-state index is 0.0191. The normalized spacial score (nSPS) is 24.6. The molecule has 3 fully saturated rings. The Hall–Kier alpha value is -2.89. The van der Waals surface area contributed by atoms with Gasteiger partial charge in [-0.2, -0.15) is 0 Å². The first kappa shape index (κ1) is 21.9. The molecule has 2 heterocycles. The second-order valence-electron chi connectivity index (χ2n) is 9.86. The molecule has 2 aliphatic carbocycles. The summed E-state index contributed by atoms with van der Waals surface area (Å²) in [7, 11) is 0. The number of carbonyl (C=O) groups is 2. The van der Waals surface area contributed by atoms with Crippen LogP contribution in [0, 0.1) is 17.8 Å². The van der Waals surface area contributed by atoms with E-state index in [2.05, 4.69) is 10.3 Å². The predicted octanol–water partition coefficient (Wildman–Crippen LogP) is 4.32.